The molecule has 2 aromatic rings. The average molecular weight is 380 g/mol. The van der Waals surface area contributed by atoms with E-state index in [0.29, 0.717) is 22.7 Å². The molecule has 4 rings (SSSR count). The number of ether oxygens (including phenoxy) is 2. The molecule has 2 aliphatic rings. The second-order valence-electron chi connectivity index (χ2n) is 7.38. The minimum absolute atomic E-state index is 0.119. The van der Waals surface area contributed by atoms with Gasteiger partial charge in [0.15, 0.2) is 17.3 Å². The van der Waals surface area contributed by atoms with Crippen LogP contribution in [0.5, 0.6) is 11.5 Å². The Hall–Kier alpha value is -2.86. The molecule has 0 unspecified atom stereocenters. The van der Waals surface area contributed by atoms with Crippen LogP contribution in [0.15, 0.2) is 36.4 Å². The number of nitrogens with one attached hydrogen (secondary N) is 1. The van der Waals surface area contributed by atoms with Crippen molar-refractivity contribution in [3.05, 3.63) is 53.1 Å². The summed E-state index contributed by atoms with van der Waals surface area (Å²) in [6.45, 7) is 1.83. The number of hydrogen-bond donors (Lipinski definition) is 1. The van der Waals surface area contributed by atoms with Crippen LogP contribution in [0.1, 0.15) is 47.3 Å². The van der Waals surface area contributed by atoms with E-state index >= 15 is 0 Å². The van der Waals surface area contributed by atoms with Crippen LogP contribution in [0.2, 0.25) is 0 Å². The molecule has 0 radical (unpaired) electrons. The number of rotatable bonds is 5. The number of anilines is 1. The number of amides is 1. The minimum atomic E-state index is -0.160. The summed E-state index contributed by atoms with van der Waals surface area (Å²) in [4.78, 5) is 26.8. The van der Waals surface area contributed by atoms with Gasteiger partial charge in [0.2, 0.25) is 12.7 Å². The lowest BCUT2D eigenvalue weighted by Crippen LogP contribution is -2.35. The summed E-state index contributed by atoms with van der Waals surface area (Å²) in [5.74, 6) is 0.768. The van der Waals surface area contributed by atoms with E-state index in [-0.39, 0.29) is 31.1 Å². The van der Waals surface area contributed by atoms with Crippen molar-refractivity contribution in [3.8, 4) is 11.5 Å². The van der Waals surface area contributed by atoms with Crippen LogP contribution in [0.4, 0.5) is 5.69 Å². The number of carbonyl (C=O) groups is 2. The highest BCUT2D eigenvalue weighted by Gasteiger charge is 2.25. The zero-order chi connectivity index (χ0) is 19.7. The van der Waals surface area contributed by atoms with Crippen molar-refractivity contribution < 1.29 is 19.1 Å². The third-order valence-corrected chi connectivity index (χ3v) is 5.43. The van der Waals surface area contributed by atoms with Gasteiger partial charge in [-0.1, -0.05) is 24.3 Å². The van der Waals surface area contributed by atoms with Crippen molar-refractivity contribution in [1.29, 1.82) is 0 Å². The molecule has 2 aromatic carbocycles. The Bertz CT molecular complexity index is 925. The first-order chi connectivity index (χ1) is 13.5. The fourth-order valence-electron chi connectivity index (χ4n) is 4.05. The SMILES string of the molecule is CC(=O)c1cc2c(cc1NC(=O)CN(C)[C@@H]1CCCc3ccccc31)OCO2. The van der Waals surface area contributed by atoms with Gasteiger partial charge in [-0.25, -0.2) is 0 Å². The van der Waals surface area contributed by atoms with E-state index in [2.05, 4.69) is 34.5 Å². The zero-order valence-corrected chi connectivity index (χ0v) is 16.2. The topological polar surface area (TPSA) is 67.9 Å². The van der Waals surface area contributed by atoms with Gasteiger partial charge in [0.05, 0.1) is 12.2 Å². The molecule has 1 heterocycles. The Balaban J connectivity index is 1.49. The van der Waals surface area contributed by atoms with Gasteiger partial charge in [-0.15, -0.1) is 0 Å². The molecule has 1 aliphatic carbocycles. The molecule has 1 amide bonds. The molecule has 6 heteroatoms. The van der Waals surface area contributed by atoms with Crippen molar-refractivity contribution in [1.82, 2.24) is 4.90 Å². The maximum absolute atomic E-state index is 12.7. The number of aryl methyl sites for hydroxylation is 1. The van der Waals surface area contributed by atoms with Crippen molar-refractivity contribution >= 4 is 17.4 Å². The number of Topliss-reactive ketones (excluding diaryl/α,β-unsaturated/α-hetero) is 1. The minimum Gasteiger partial charge on any atom is -0.454 e. The van der Waals surface area contributed by atoms with Crippen molar-refractivity contribution in [2.45, 2.75) is 32.2 Å². The fraction of sp³-hybridized carbons (Fsp3) is 0.364. The highest BCUT2D eigenvalue weighted by molar-refractivity contribution is 6.05. The zero-order valence-electron chi connectivity index (χ0n) is 16.2. The lowest BCUT2D eigenvalue weighted by Gasteiger charge is -2.32. The van der Waals surface area contributed by atoms with Crippen LogP contribution in [-0.4, -0.2) is 37.0 Å². The van der Waals surface area contributed by atoms with Gasteiger partial charge in [0, 0.05) is 17.7 Å². The molecule has 1 atom stereocenters. The monoisotopic (exact) mass is 380 g/mol. The van der Waals surface area contributed by atoms with E-state index in [9.17, 15) is 9.59 Å². The van der Waals surface area contributed by atoms with Crippen molar-refractivity contribution in [2.75, 3.05) is 25.7 Å². The Morgan fingerprint density at radius 1 is 1.18 bits per heavy atom. The number of fused-ring (bicyclic) bond motifs is 2. The van der Waals surface area contributed by atoms with E-state index in [0.717, 1.165) is 19.3 Å². The van der Waals surface area contributed by atoms with E-state index in [1.54, 1.807) is 12.1 Å². The van der Waals surface area contributed by atoms with Crippen LogP contribution in [0.3, 0.4) is 0 Å². The van der Waals surface area contributed by atoms with E-state index < -0.39 is 0 Å². The van der Waals surface area contributed by atoms with Gasteiger partial charge in [0.25, 0.3) is 0 Å². The standard InChI is InChI=1S/C22H24N2O4/c1-14(25)17-10-20-21(28-13-27-20)11-18(17)23-22(26)12-24(2)19-9-5-7-15-6-3-4-8-16(15)19/h3-4,6,8,10-11,19H,5,7,9,12-13H2,1-2H3,(H,23,26)/t19-/m1/s1. The Kier molecular flexibility index (Phi) is 5.05. The molecule has 0 aromatic heterocycles. The Labute approximate surface area is 164 Å². The summed E-state index contributed by atoms with van der Waals surface area (Å²) in [6.07, 6.45) is 3.24. The average Bonchev–Trinajstić information content (AvgIpc) is 3.14. The summed E-state index contributed by atoms with van der Waals surface area (Å²) >= 11 is 0. The maximum atomic E-state index is 12.7. The van der Waals surface area contributed by atoms with Crippen LogP contribution in [0.25, 0.3) is 0 Å². The first kappa shape index (κ1) is 18.5. The number of nitrogens with zero attached hydrogens (tertiary/aromatic N) is 1. The lowest BCUT2D eigenvalue weighted by atomic mass is 9.87. The summed E-state index contributed by atoms with van der Waals surface area (Å²) in [5, 5.41) is 2.88. The summed E-state index contributed by atoms with van der Waals surface area (Å²) in [7, 11) is 1.97. The normalized spacial score (nSPS) is 17.3. The Morgan fingerprint density at radius 2 is 1.93 bits per heavy atom. The van der Waals surface area contributed by atoms with E-state index in [4.69, 9.17) is 9.47 Å². The quantitative estimate of drug-likeness (QED) is 0.804. The van der Waals surface area contributed by atoms with E-state index in [1.807, 2.05) is 7.05 Å². The van der Waals surface area contributed by atoms with Gasteiger partial charge >= 0.3 is 0 Å². The van der Waals surface area contributed by atoms with Crippen LogP contribution in [0, 0.1) is 0 Å². The number of carbonyl (C=O) groups excluding carboxylic acids is 2. The van der Waals surface area contributed by atoms with Gasteiger partial charge in [-0.2, -0.15) is 0 Å². The molecule has 1 aliphatic heterocycles. The smallest absolute Gasteiger partial charge is 0.238 e. The molecular weight excluding hydrogens is 356 g/mol. The second kappa shape index (κ2) is 7.64. The van der Waals surface area contributed by atoms with Gasteiger partial charge in [0.1, 0.15) is 0 Å². The third-order valence-electron chi connectivity index (χ3n) is 5.43. The number of benzene rings is 2. The fourth-order valence-corrected chi connectivity index (χ4v) is 4.05. The number of hydrogen-bond acceptors (Lipinski definition) is 5. The molecule has 1 N–H and O–H groups in total. The summed E-state index contributed by atoms with van der Waals surface area (Å²) in [6, 6.07) is 11.9. The number of ketones is 1. The molecule has 146 valence electrons. The molecule has 6 nitrogen and oxygen atoms in total. The van der Waals surface area contributed by atoms with Crippen molar-refractivity contribution in [3.63, 3.8) is 0 Å². The molecule has 0 saturated heterocycles. The van der Waals surface area contributed by atoms with Crippen molar-refractivity contribution in [2.24, 2.45) is 0 Å². The lowest BCUT2D eigenvalue weighted by molar-refractivity contribution is -0.117. The maximum Gasteiger partial charge on any atom is 0.238 e. The largest absolute Gasteiger partial charge is 0.454 e. The predicted octanol–water partition coefficient (Wildman–Crippen LogP) is 3.57. The van der Waals surface area contributed by atoms with Gasteiger partial charge in [-0.05, 0) is 50.4 Å². The molecular formula is C22H24N2O4. The van der Waals surface area contributed by atoms with Crippen LogP contribution >= 0.6 is 0 Å². The Morgan fingerprint density at radius 3 is 2.71 bits per heavy atom. The van der Waals surface area contributed by atoms with Gasteiger partial charge in [-0.3, -0.25) is 14.5 Å². The summed E-state index contributed by atoms with van der Waals surface area (Å²) in [5.41, 5.74) is 3.54. The van der Waals surface area contributed by atoms with E-state index in [1.165, 1.54) is 18.1 Å². The molecule has 0 bridgehead atoms. The molecule has 0 spiro atoms. The highest BCUT2D eigenvalue weighted by Crippen LogP contribution is 2.37. The first-order valence-corrected chi connectivity index (χ1v) is 9.55. The van der Waals surface area contributed by atoms with Crippen LogP contribution < -0.4 is 14.8 Å². The molecule has 28 heavy (non-hydrogen) atoms. The predicted molar refractivity (Wildman–Crippen MR) is 106 cm³/mol. The third kappa shape index (κ3) is 3.60. The molecule has 0 fully saturated rings. The first-order valence-electron chi connectivity index (χ1n) is 9.55. The second-order valence-corrected chi connectivity index (χ2v) is 7.38. The molecule has 0 saturated carbocycles. The van der Waals surface area contributed by atoms with Crippen LogP contribution in [-0.2, 0) is 11.2 Å². The highest BCUT2D eigenvalue weighted by atomic mass is 16.7. The summed E-state index contributed by atoms with van der Waals surface area (Å²) < 4.78 is 10.7. The van der Waals surface area contributed by atoms with Gasteiger partial charge < -0.3 is 14.8 Å². The number of likely N-dealkylation sites (N-methyl/N-ethyl adjacent to an activating group) is 1.